The zero-order chi connectivity index (χ0) is 14.8. The second kappa shape index (κ2) is 6.39. The van der Waals surface area contributed by atoms with Crippen molar-refractivity contribution in [1.29, 1.82) is 0 Å². The fourth-order valence-electron chi connectivity index (χ4n) is 3.70. The Labute approximate surface area is 132 Å². The van der Waals surface area contributed by atoms with Crippen molar-refractivity contribution in [2.45, 2.75) is 64.3 Å². The van der Waals surface area contributed by atoms with Crippen LogP contribution >= 0.6 is 11.6 Å². The second-order valence-electron chi connectivity index (χ2n) is 6.47. The van der Waals surface area contributed by atoms with Gasteiger partial charge in [0.25, 0.3) is 0 Å². The molecule has 0 aliphatic heterocycles. The number of para-hydroxylation sites is 1. The fraction of sp³-hybridized carbons (Fsp3) is 0.611. The number of aryl methyl sites for hydroxylation is 2. The Morgan fingerprint density at radius 2 is 2.05 bits per heavy atom. The van der Waals surface area contributed by atoms with Gasteiger partial charge in [0.15, 0.2) is 0 Å². The Kier molecular flexibility index (Phi) is 4.54. The average molecular weight is 305 g/mol. The summed E-state index contributed by atoms with van der Waals surface area (Å²) in [5.41, 5.74) is 3.66. The van der Waals surface area contributed by atoms with Gasteiger partial charge in [0.1, 0.15) is 5.82 Å². The lowest BCUT2D eigenvalue weighted by atomic mass is 9.87. The standard InChI is InChI=1S/C18H25ClN2/c1-13-7-6-10-16-17(13)21(18(20-16)14(2)19)12-11-15-8-4-3-5-9-15/h6-7,10,14-15H,3-5,8-9,11-12H2,1-2H3. The number of nitrogens with zero attached hydrogens (tertiary/aromatic N) is 2. The van der Waals surface area contributed by atoms with Crippen LogP contribution in [-0.2, 0) is 6.54 Å². The highest BCUT2D eigenvalue weighted by molar-refractivity contribution is 6.20. The van der Waals surface area contributed by atoms with E-state index in [0.29, 0.717) is 0 Å². The van der Waals surface area contributed by atoms with E-state index in [-0.39, 0.29) is 5.38 Å². The van der Waals surface area contributed by atoms with Crippen molar-refractivity contribution in [2.24, 2.45) is 5.92 Å². The molecule has 1 fully saturated rings. The number of benzene rings is 1. The summed E-state index contributed by atoms with van der Waals surface area (Å²) in [7, 11) is 0. The van der Waals surface area contributed by atoms with Gasteiger partial charge in [-0.25, -0.2) is 4.98 Å². The molecule has 1 atom stereocenters. The average Bonchev–Trinajstić information content (AvgIpc) is 2.86. The highest BCUT2D eigenvalue weighted by Gasteiger charge is 2.18. The first-order valence-corrected chi connectivity index (χ1v) is 8.70. The first-order chi connectivity index (χ1) is 10.2. The lowest BCUT2D eigenvalue weighted by molar-refractivity contribution is 0.324. The maximum atomic E-state index is 6.37. The molecule has 1 aliphatic carbocycles. The maximum absolute atomic E-state index is 6.37. The molecule has 114 valence electrons. The van der Waals surface area contributed by atoms with Crippen LogP contribution in [0.5, 0.6) is 0 Å². The molecule has 0 spiro atoms. The smallest absolute Gasteiger partial charge is 0.127 e. The van der Waals surface area contributed by atoms with E-state index in [2.05, 4.69) is 29.7 Å². The molecule has 2 aromatic rings. The Morgan fingerprint density at radius 3 is 2.76 bits per heavy atom. The molecule has 21 heavy (non-hydrogen) atoms. The van der Waals surface area contributed by atoms with Gasteiger partial charge < -0.3 is 4.57 Å². The SMILES string of the molecule is Cc1cccc2nc(C(C)Cl)n(CCC3CCCCC3)c12. The molecule has 0 N–H and O–H groups in total. The van der Waals surface area contributed by atoms with Gasteiger partial charge in [-0.3, -0.25) is 0 Å². The molecule has 1 aromatic carbocycles. The van der Waals surface area contributed by atoms with Crippen molar-refractivity contribution in [3.8, 4) is 0 Å². The van der Waals surface area contributed by atoms with Gasteiger partial charge in [0.05, 0.1) is 16.4 Å². The van der Waals surface area contributed by atoms with Crippen LogP contribution in [0.25, 0.3) is 11.0 Å². The minimum absolute atomic E-state index is 0.0387. The van der Waals surface area contributed by atoms with E-state index in [1.807, 2.05) is 6.92 Å². The maximum Gasteiger partial charge on any atom is 0.127 e. The largest absolute Gasteiger partial charge is 0.327 e. The van der Waals surface area contributed by atoms with Crippen LogP contribution in [0.2, 0.25) is 0 Å². The quantitative estimate of drug-likeness (QED) is 0.671. The Balaban J connectivity index is 1.89. The molecule has 0 saturated heterocycles. The zero-order valence-corrected chi connectivity index (χ0v) is 13.9. The molecule has 1 heterocycles. The van der Waals surface area contributed by atoms with Crippen molar-refractivity contribution in [3.05, 3.63) is 29.6 Å². The normalized spacial score (nSPS) is 18.2. The third kappa shape index (κ3) is 3.11. The van der Waals surface area contributed by atoms with Crippen LogP contribution in [0.1, 0.15) is 62.2 Å². The summed E-state index contributed by atoms with van der Waals surface area (Å²) in [6.07, 6.45) is 8.30. The van der Waals surface area contributed by atoms with E-state index in [9.17, 15) is 0 Å². The first kappa shape index (κ1) is 14.9. The van der Waals surface area contributed by atoms with Crippen LogP contribution in [0.3, 0.4) is 0 Å². The van der Waals surface area contributed by atoms with Gasteiger partial charge in [0.2, 0.25) is 0 Å². The van der Waals surface area contributed by atoms with Crippen molar-refractivity contribution < 1.29 is 0 Å². The van der Waals surface area contributed by atoms with Gasteiger partial charge in [-0.15, -0.1) is 11.6 Å². The highest BCUT2D eigenvalue weighted by Crippen LogP contribution is 2.30. The van der Waals surface area contributed by atoms with E-state index >= 15 is 0 Å². The number of halogens is 1. The molecule has 0 bridgehead atoms. The van der Waals surface area contributed by atoms with Crippen molar-refractivity contribution in [1.82, 2.24) is 9.55 Å². The minimum Gasteiger partial charge on any atom is -0.327 e. The van der Waals surface area contributed by atoms with Gasteiger partial charge in [0, 0.05) is 6.54 Å². The molecular formula is C18H25ClN2. The fourth-order valence-corrected chi connectivity index (χ4v) is 3.87. The van der Waals surface area contributed by atoms with Gasteiger partial charge >= 0.3 is 0 Å². The van der Waals surface area contributed by atoms with Crippen molar-refractivity contribution >= 4 is 22.6 Å². The molecular weight excluding hydrogens is 280 g/mol. The van der Waals surface area contributed by atoms with Gasteiger partial charge in [-0.1, -0.05) is 44.2 Å². The lowest BCUT2D eigenvalue weighted by Gasteiger charge is -2.22. The molecule has 3 rings (SSSR count). The van der Waals surface area contributed by atoms with Crippen LogP contribution in [0.15, 0.2) is 18.2 Å². The Morgan fingerprint density at radius 1 is 1.29 bits per heavy atom. The van der Waals surface area contributed by atoms with Crippen LogP contribution < -0.4 is 0 Å². The van der Waals surface area contributed by atoms with Gasteiger partial charge in [-0.05, 0) is 37.8 Å². The van der Waals surface area contributed by atoms with Crippen LogP contribution in [-0.4, -0.2) is 9.55 Å². The van der Waals surface area contributed by atoms with Crippen LogP contribution in [0.4, 0.5) is 0 Å². The predicted octanol–water partition coefficient (Wildman–Crippen LogP) is 5.61. The number of hydrogen-bond acceptors (Lipinski definition) is 1. The molecule has 1 aliphatic rings. The zero-order valence-electron chi connectivity index (χ0n) is 13.1. The monoisotopic (exact) mass is 304 g/mol. The van der Waals surface area contributed by atoms with Crippen molar-refractivity contribution in [2.75, 3.05) is 0 Å². The summed E-state index contributed by atoms with van der Waals surface area (Å²) in [6, 6.07) is 6.35. The van der Waals surface area contributed by atoms with E-state index in [0.717, 1.165) is 23.8 Å². The Hall–Kier alpha value is -1.02. The first-order valence-electron chi connectivity index (χ1n) is 8.26. The highest BCUT2D eigenvalue weighted by atomic mass is 35.5. The second-order valence-corrected chi connectivity index (χ2v) is 7.13. The molecule has 1 aromatic heterocycles. The number of aromatic nitrogens is 2. The minimum atomic E-state index is -0.0387. The number of rotatable bonds is 4. The number of hydrogen-bond donors (Lipinski definition) is 0. The van der Waals surface area contributed by atoms with Crippen molar-refractivity contribution in [3.63, 3.8) is 0 Å². The molecule has 1 unspecified atom stereocenters. The topological polar surface area (TPSA) is 17.8 Å². The summed E-state index contributed by atoms with van der Waals surface area (Å²) >= 11 is 6.37. The molecule has 2 nitrogen and oxygen atoms in total. The van der Waals surface area contributed by atoms with E-state index in [4.69, 9.17) is 16.6 Å². The third-order valence-electron chi connectivity index (χ3n) is 4.84. The molecule has 0 amide bonds. The van der Waals surface area contributed by atoms with E-state index in [1.165, 1.54) is 49.6 Å². The molecule has 1 saturated carbocycles. The number of fused-ring (bicyclic) bond motifs is 1. The molecule has 0 radical (unpaired) electrons. The third-order valence-corrected chi connectivity index (χ3v) is 5.03. The van der Waals surface area contributed by atoms with Gasteiger partial charge in [-0.2, -0.15) is 0 Å². The summed E-state index contributed by atoms with van der Waals surface area (Å²) in [5.74, 6) is 1.91. The summed E-state index contributed by atoms with van der Waals surface area (Å²) in [6.45, 7) is 5.25. The lowest BCUT2D eigenvalue weighted by Crippen LogP contribution is -2.12. The predicted molar refractivity (Wildman–Crippen MR) is 89.9 cm³/mol. The number of imidazole rings is 1. The Bertz CT molecular complexity index is 609. The number of alkyl halides is 1. The van der Waals surface area contributed by atoms with Crippen LogP contribution in [0, 0.1) is 12.8 Å². The van der Waals surface area contributed by atoms with E-state index < -0.39 is 0 Å². The summed E-state index contributed by atoms with van der Waals surface area (Å²) < 4.78 is 2.37. The molecule has 3 heteroatoms. The summed E-state index contributed by atoms with van der Waals surface area (Å²) in [4.78, 5) is 4.77. The summed E-state index contributed by atoms with van der Waals surface area (Å²) in [5, 5.41) is -0.0387. The van der Waals surface area contributed by atoms with E-state index in [1.54, 1.807) is 0 Å².